The van der Waals surface area contributed by atoms with E-state index in [1.807, 2.05) is 12.1 Å². The van der Waals surface area contributed by atoms with Gasteiger partial charge in [-0.25, -0.2) is 9.59 Å². The second kappa shape index (κ2) is 3.92. The summed E-state index contributed by atoms with van der Waals surface area (Å²) in [5.41, 5.74) is 2.55. The average Bonchev–Trinajstić information content (AvgIpc) is 2.98. The van der Waals surface area contributed by atoms with Crippen LogP contribution < -0.4 is 11.5 Å². The summed E-state index contributed by atoms with van der Waals surface area (Å²) in [7, 11) is 0. The Bertz CT molecular complexity index is 723. The lowest BCUT2D eigenvalue weighted by Gasteiger charge is -2.03. The van der Waals surface area contributed by atoms with Crippen LogP contribution in [0.4, 0.5) is 0 Å². The highest BCUT2D eigenvalue weighted by atomic mass is 16.4. The summed E-state index contributed by atoms with van der Waals surface area (Å²) < 4.78 is 9.42. The van der Waals surface area contributed by atoms with Crippen molar-refractivity contribution in [2.45, 2.75) is 0 Å². The van der Waals surface area contributed by atoms with Crippen molar-refractivity contribution >= 4 is 0 Å². The van der Waals surface area contributed by atoms with Crippen molar-refractivity contribution in [2.75, 3.05) is 0 Å². The Morgan fingerprint density at radius 1 is 0.778 bits per heavy atom. The number of hydrogen-bond donors (Lipinski definition) is 2. The summed E-state index contributed by atoms with van der Waals surface area (Å²) >= 11 is 0. The Hall–Kier alpha value is -2.76. The molecule has 6 nitrogen and oxygen atoms in total. The molecule has 2 heterocycles. The maximum atomic E-state index is 11.0. The van der Waals surface area contributed by atoms with Crippen molar-refractivity contribution < 1.29 is 8.83 Å². The molecule has 0 aliphatic heterocycles. The van der Waals surface area contributed by atoms with Crippen molar-refractivity contribution in [3.05, 3.63) is 57.9 Å². The monoisotopic (exact) mass is 244 g/mol. The molecule has 90 valence electrons. The Morgan fingerprint density at radius 2 is 1.22 bits per heavy atom. The molecule has 2 aromatic heterocycles. The molecule has 0 bridgehead atoms. The second-order valence-electron chi connectivity index (χ2n) is 3.67. The van der Waals surface area contributed by atoms with Gasteiger partial charge in [-0.2, -0.15) is 0 Å². The van der Waals surface area contributed by atoms with E-state index in [1.165, 1.54) is 12.5 Å². The molecular formula is C12H8N2O4. The van der Waals surface area contributed by atoms with Crippen molar-refractivity contribution in [3.63, 3.8) is 0 Å². The molecule has 0 spiro atoms. The Morgan fingerprint density at radius 3 is 1.56 bits per heavy atom. The van der Waals surface area contributed by atoms with Gasteiger partial charge in [-0.15, -0.1) is 0 Å². The number of aromatic nitrogens is 2. The Balaban J connectivity index is 2.22. The first-order valence-corrected chi connectivity index (χ1v) is 5.19. The molecule has 0 saturated heterocycles. The van der Waals surface area contributed by atoms with Gasteiger partial charge in [0.25, 0.3) is 0 Å². The maximum Gasteiger partial charge on any atom is 0.416 e. The van der Waals surface area contributed by atoms with E-state index in [-0.39, 0.29) is 0 Å². The largest absolute Gasteiger partial charge is 0.416 e. The lowest BCUT2D eigenvalue weighted by Crippen LogP contribution is -1.97. The SMILES string of the molecule is O=c1[nH]c(-c2ccccc2-c2coc(=O)[nH]2)co1. The molecule has 0 amide bonds. The zero-order valence-corrected chi connectivity index (χ0v) is 9.10. The van der Waals surface area contributed by atoms with E-state index in [2.05, 4.69) is 9.97 Å². The van der Waals surface area contributed by atoms with E-state index < -0.39 is 11.5 Å². The zero-order valence-electron chi connectivity index (χ0n) is 9.10. The van der Waals surface area contributed by atoms with Gasteiger partial charge < -0.3 is 8.83 Å². The summed E-state index contributed by atoms with van der Waals surface area (Å²) in [6.07, 6.45) is 2.67. The van der Waals surface area contributed by atoms with Crippen LogP contribution in [-0.4, -0.2) is 9.97 Å². The maximum absolute atomic E-state index is 11.0. The number of rotatable bonds is 2. The quantitative estimate of drug-likeness (QED) is 0.715. The minimum Gasteiger partial charge on any atom is -0.416 e. The van der Waals surface area contributed by atoms with Crippen LogP contribution in [0.5, 0.6) is 0 Å². The third-order valence-corrected chi connectivity index (χ3v) is 2.55. The smallest absolute Gasteiger partial charge is 0.416 e. The molecule has 2 N–H and O–H groups in total. The van der Waals surface area contributed by atoms with Crippen molar-refractivity contribution in [1.29, 1.82) is 0 Å². The van der Waals surface area contributed by atoms with Crippen LogP contribution in [0.2, 0.25) is 0 Å². The first-order chi connectivity index (χ1) is 8.74. The standard InChI is InChI=1S/C12H8N2O4/c15-11-13-9(5-17-11)7-3-1-2-4-8(7)10-6-18-12(16)14-10/h1-6H,(H,13,15)(H,14,16). The first-order valence-electron chi connectivity index (χ1n) is 5.19. The fourth-order valence-corrected chi connectivity index (χ4v) is 1.78. The molecule has 0 unspecified atom stereocenters. The summed E-state index contributed by atoms with van der Waals surface area (Å²) in [6, 6.07) is 7.26. The fourth-order valence-electron chi connectivity index (χ4n) is 1.78. The fraction of sp³-hybridized carbons (Fsp3) is 0. The van der Waals surface area contributed by atoms with Gasteiger partial charge in [0, 0.05) is 11.1 Å². The van der Waals surface area contributed by atoms with Crippen LogP contribution in [-0.2, 0) is 0 Å². The molecular weight excluding hydrogens is 236 g/mol. The van der Waals surface area contributed by atoms with E-state index in [0.717, 1.165) is 11.1 Å². The average molecular weight is 244 g/mol. The predicted molar refractivity (Wildman–Crippen MR) is 63.1 cm³/mol. The number of aromatic amines is 2. The summed E-state index contributed by atoms with van der Waals surface area (Å²) in [4.78, 5) is 27.2. The van der Waals surface area contributed by atoms with E-state index >= 15 is 0 Å². The molecule has 3 aromatic rings. The molecule has 1 aromatic carbocycles. The van der Waals surface area contributed by atoms with Crippen LogP contribution in [0, 0.1) is 0 Å². The van der Waals surface area contributed by atoms with Gasteiger partial charge in [-0.1, -0.05) is 24.3 Å². The van der Waals surface area contributed by atoms with Crippen molar-refractivity contribution in [3.8, 4) is 22.5 Å². The van der Waals surface area contributed by atoms with E-state index in [9.17, 15) is 9.59 Å². The number of benzene rings is 1. The lowest BCUT2D eigenvalue weighted by atomic mass is 10.0. The highest BCUT2D eigenvalue weighted by Crippen LogP contribution is 2.28. The Kier molecular flexibility index (Phi) is 2.26. The second-order valence-corrected chi connectivity index (χ2v) is 3.67. The third kappa shape index (κ3) is 1.69. The van der Waals surface area contributed by atoms with E-state index in [4.69, 9.17) is 8.83 Å². The molecule has 0 aliphatic carbocycles. The third-order valence-electron chi connectivity index (χ3n) is 2.55. The normalized spacial score (nSPS) is 10.7. The predicted octanol–water partition coefficient (Wildman–Crippen LogP) is 1.58. The van der Waals surface area contributed by atoms with E-state index in [0.29, 0.717) is 11.4 Å². The lowest BCUT2D eigenvalue weighted by molar-refractivity contribution is 0.515. The van der Waals surface area contributed by atoms with Gasteiger partial charge in [0.2, 0.25) is 0 Å². The molecule has 0 aliphatic rings. The van der Waals surface area contributed by atoms with Crippen molar-refractivity contribution in [1.82, 2.24) is 9.97 Å². The minimum atomic E-state index is -0.527. The first kappa shape index (κ1) is 10.4. The highest BCUT2D eigenvalue weighted by Gasteiger charge is 2.11. The Labute approximate surface area is 99.9 Å². The number of oxazole rings is 2. The topological polar surface area (TPSA) is 92.0 Å². The summed E-state index contributed by atoms with van der Waals surface area (Å²) in [5.74, 6) is -1.05. The molecule has 6 heteroatoms. The molecule has 0 fully saturated rings. The van der Waals surface area contributed by atoms with Gasteiger partial charge in [0.05, 0.1) is 11.4 Å². The van der Waals surface area contributed by atoms with Crippen LogP contribution in [0.1, 0.15) is 0 Å². The van der Waals surface area contributed by atoms with Gasteiger partial charge in [-0.05, 0) is 0 Å². The highest BCUT2D eigenvalue weighted by molar-refractivity contribution is 5.79. The van der Waals surface area contributed by atoms with Crippen LogP contribution in [0.15, 0.2) is 55.2 Å². The summed E-state index contributed by atoms with van der Waals surface area (Å²) in [5, 5.41) is 0. The minimum absolute atomic E-state index is 0.527. The number of H-pyrrole nitrogens is 2. The van der Waals surface area contributed by atoms with Gasteiger partial charge >= 0.3 is 11.5 Å². The zero-order chi connectivity index (χ0) is 12.5. The molecule has 18 heavy (non-hydrogen) atoms. The van der Waals surface area contributed by atoms with Gasteiger partial charge in [0.1, 0.15) is 12.5 Å². The summed E-state index contributed by atoms with van der Waals surface area (Å²) in [6.45, 7) is 0. The van der Waals surface area contributed by atoms with Crippen molar-refractivity contribution in [2.24, 2.45) is 0 Å². The molecule has 0 radical (unpaired) electrons. The van der Waals surface area contributed by atoms with Gasteiger partial charge in [-0.3, -0.25) is 9.97 Å². The molecule has 3 rings (SSSR count). The number of hydrogen-bond acceptors (Lipinski definition) is 4. The van der Waals surface area contributed by atoms with Crippen LogP contribution >= 0.6 is 0 Å². The van der Waals surface area contributed by atoms with Crippen LogP contribution in [0.3, 0.4) is 0 Å². The molecule has 0 saturated carbocycles. The van der Waals surface area contributed by atoms with Crippen LogP contribution in [0.25, 0.3) is 22.5 Å². The number of nitrogens with one attached hydrogen (secondary N) is 2. The van der Waals surface area contributed by atoms with Gasteiger partial charge in [0.15, 0.2) is 0 Å². The molecule has 0 atom stereocenters. The van der Waals surface area contributed by atoms with E-state index in [1.54, 1.807) is 12.1 Å².